The molecule has 90 valence electrons. The molecule has 0 saturated carbocycles. The van der Waals surface area contributed by atoms with Crippen LogP contribution in [0.1, 0.15) is 31.9 Å². The third kappa shape index (κ3) is 3.83. The van der Waals surface area contributed by atoms with E-state index in [0.29, 0.717) is 6.54 Å². The lowest BCUT2D eigenvalue weighted by atomic mass is 10.1. The smallest absolute Gasteiger partial charge is 0.119 e. The van der Waals surface area contributed by atoms with Gasteiger partial charge in [-0.15, -0.1) is 0 Å². The first-order valence-electron chi connectivity index (χ1n) is 5.98. The number of ether oxygens (including phenoxy) is 1. The maximum absolute atomic E-state index is 5.72. The number of nitrogens with one attached hydrogen (secondary N) is 1. The summed E-state index contributed by atoms with van der Waals surface area (Å²) in [6.45, 7) is 6.50. The van der Waals surface area contributed by atoms with E-state index in [1.807, 2.05) is 12.1 Å². The lowest BCUT2D eigenvalue weighted by molar-refractivity contribution is 0.317. The molecule has 0 aliphatic heterocycles. The van der Waals surface area contributed by atoms with E-state index in [-0.39, 0.29) is 6.04 Å². The minimum absolute atomic E-state index is 0.241. The van der Waals surface area contributed by atoms with Gasteiger partial charge in [-0.3, -0.25) is 0 Å². The van der Waals surface area contributed by atoms with Gasteiger partial charge >= 0.3 is 0 Å². The van der Waals surface area contributed by atoms with Gasteiger partial charge in [-0.1, -0.05) is 26.0 Å². The molecular formula is C13H22N2O. The third-order valence-electron chi connectivity index (χ3n) is 2.44. The van der Waals surface area contributed by atoms with E-state index >= 15 is 0 Å². The van der Waals surface area contributed by atoms with Gasteiger partial charge in [0.2, 0.25) is 0 Å². The Bertz CT molecular complexity index is 284. The van der Waals surface area contributed by atoms with Crippen LogP contribution in [-0.2, 0) is 0 Å². The summed E-state index contributed by atoms with van der Waals surface area (Å²) in [5.74, 6) is 0.929. The Morgan fingerprint density at radius 1 is 1.25 bits per heavy atom. The number of nitrogens with two attached hydrogens (primary N) is 1. The lowest BCUT2D eigenvalue weighted by Gasteiger charge is -2.16. The Morgan fingerprint density at radius 2 is 1.94 bits per heavy atom. The molecule has 3 nitrogen and oxygen atoms in total. The standard InChI is InChI=1S/C13H22N2O/c1-3-9-16-12-7-5-11(6-8-12)13(10-14)15-4-2/h5-8,13,15H,3-4,9-10,14H2,1-2H3. The maximum Gasteiger partial charge on any atom is 0.119 e. The van der Waals surface area contributed by atoms with E-state index in [4.69, 9.17) is 10.5 Å². The number of rotatable bonds is 7. The highest BCUT2D eigenvalue weighted by atomic mass is 16.5. The molecule has 3 heteroatoms. The van der Waals surface area contributed by atoms with Crippen molar-refractivity contribution in [1.82, 2.24) is 5.32 Å². The molecule has 1 unspecified atom stereocenters. The van der Waals surface area contributed by atoms with Crippen LogP contribution in [0.5, 0.6) is 5.75 Å². The molecule has 0 saturated heterocycles. The van der Waals surface area contributed by atoms with Crippen molar-refractivity contribution in [2.75, 3.05) is 19.7 Å². The average molecular weight is 222 g/mol. The molecule has 0 radical (unpaired) electrons. The van der Waals surface area contributed by atoms with Crippen molar-refractivity contribution in [2.24, 2.45) is 5.73 Å². The molecule has 0 amide bonds. The van der Waals surface area contributed by atoms with Crippen LogP contribution in [0, 0.1) is 0 Å². The van der Waals surface area contributed by atoms with Crippen LogP contribution >= 0.6 is 0 Å². The highest BCUT2D eigenvalue weighted by Gasteiger charge is 2.07. The molecule has 1 rings (SSSR count). The Labute approximate surface area is 98.0 Å². The predicted octanol–water partition coefficient (Wildman–Crippen LogP) is 2.08. The second-order valence-corrected chi connectivity index (χ2v) is 3.76. The molecule has 16 heavy (non-hydrogen) atoms. The van der Waals surface area contributed by atoms with Crippen molar-refractivity contribution in [3.05, 3.63) is 29.8 Å². The molecule has 0 heterocycles. The van der Waals surface area contributed by atoms with Crippen LogP contribution in [0.4, 0.5) is 0 Å². The monoisotopic (exact) mass is 222 g/mol. The van der Waals surface area contributed by atoms with Gasteiger partial charge in [0.15, 0.2) is 0 Å². The van der Waals surface area contributed by atoms with Gasteiger partial charge in [-0.25, -0.2) is 0 Å². The first kappa shape index (κ1) is 13.0. The minimum atomic E-state index is 0.241. The fourth-order valence-electron chi connectivity index (χ4n) is 1.60. The lowest BCUT2D eigenvalue weighted by Crippen LogP contribution is -2.27. The first-order chi connectivity index (χ1) is 7.81. The van der Waals surface area contributed by atoms with Gasteiger partial charge < -0.3 is 15.8 Å². The van der Waals surface area contributed by atoms with Crippen LogP contribution in [0.2, 0.25) is 0 Å². The Balaban J connectivity index is 2.61. The molecule has 1 aromatic rings. The molecule has 0 fully saturated rings. The van der Waals surface area contributed by atoms with Crippen LogP contribution < -0.4 is 15.8 Å². The summed E-state index contributed by atoms with van der Waals surface area (Å²) in [5, 5.41) is 3.35. The molecule has 0 aliphatic rings. The molecule has 3 N–H and O–H groups in total. The molecule has 0 spiro atoms. The summed E-state index contributed by atoms with van der Waals surface area (Å²) in [4.78, 5) is 0. The zero-order valence-corrected chi connectivity index (χ0v) is 10.2. The normalized spacial score (nSPS) is 12.4. The minimum Gasteiger partial charge on any atom is -0.494 e. The molecule has 0 aromatic heterocycles. The Kier molecular flexibility index (Phi) is 5.90. The second kappa shape index (κ2) is 7.25. The fourth-order valence-corrected chi connectivity index (χ4v) is 1.60. The van der Waals surface area contributed by atoms with Crippen molar-refractivity contribution >= 4 is 0 Å². The first-order valence-corrected chi connectivity index (χ1v) is 5.98. The van der Waals surface area contributed by atoms with E-state index in [0.717, 1.165) is 25.3 Å². The quantitative estimate of drug-likeness (QED) is 0.742. The van der Waals surface area contributed by atoms with Gasteiger partial charge in [0.25, 0.3) is 0 Å². The summed E-state index contributed by atoms with van der Waals surface area (Å²) in [7, 11) is 0. The Hall–Kier alpha value is -1.06. The number of hydrogen-bond acceptors (Lipinski definition) is 3. The van der Waals surface area contributed by atoms with Crippen LogP contribution in [0.15, 0.2) is 24.3 Å². The molecule has 1 atom stereocenters. The topological polar surface area (TPSA) is 47.3 Å². The molecule has 0 aliphatic carbocycles. The second-order valence-electron chi connectivity index (χ2n) is 3.76. The van der Waals surface area contributed by atoms with Gasteiger partial charge in [-0.2, -0.15) is 0 Å². The van der Waals surface area contributed by atoms with Crippen LogP contribution in [0.3, 0.4) is 0 Å². The Morgan fingerprint density at radius 3 is 2.44 bits per heavy atom. The zero-order chi connectivity index (χ0) is 11.8. The number of benzene rings is 1. The van der Waals surface area contributed by atoms with Crippen molar-refractivity contribution in [3.63, 3.8) is 0 Å². The molecule has 1 aromatic carbocycles. The van der Waals surface area contributed by atoms with E-state index in [1.165, 1.54) is 5.56 Å². The van der Waals surface area contributed by atoms with Crippen molar-refractivity contribution in [2.45, 2.75) is 26.3 Å². The summed E-state index contributed by atoms with van der Waals surface area (Å²) in [6, 6.07) is 8.40. The third-order valence-corrected chi connectivity index (χ3v) is 2.44. The van der Waals surface area contributed by atoms with E-state index < -0.39 is 0 Å². The van der Waals surface area contributed by atoms with Gasteiger partial charge in [0.1, 0.15) is 5.75 Å². The van der Waals surface area contributed by atoms with Gasteiger partial charge in [0, 0.05) is 12.6 Å². The summed E-state index contributed by atoms with van der Waals surface area (Å²) < 4.78 is 5.53. The van der Waals surface area contributed by atoms with E-state index in [1.54, 1.807) is 0 Å². The van der Waals surface area contributed by atoms with Gasteiger partial charge in [-0.05, 0) is 30.7 Å². The summed E-state index contributed by atoms with van der Waals surface area (Å²) in [5.41, 5.74) is 6.93. The highest BCUT2D eigenvalue weighted by Crippen LogP contribution is 2.17. The van der Waals surface area contributed by atoms with E-state index in [9.17, 15) is 0 Å². The zero-order valence-electron chi connectivity index (χ0n) is 10.2. The van der Waals surface area contributed by atoms with Crippen molar-refractivity contribution in [3.8, 4) is 5.75 Å². The molecular weight excluding hydrogens is 200 g/mol. The largest absolute Gasteiger partial charge is 0.494 e. The molecule has 0 bridgehead atoms. The summed E-state index contributed by atoms with van der Waals surface area (Å²) in [6.07, 6.45) is 1.03. The van der Waals surface area contributed by atoms with Crippen molar-refractivity contribution < 1.29 is 4.74 Å². The predicted molar refractivity (Wildman–Crippen MR) is 67.7 cm³/mol. The SMILES string of the molecule is CCCOc1ccc(C(CN)NCC)cc1. The van der Waals surface area contributed by atoms with Gasteiger partial charge in [0.05, 0.1) is 6.61 Å². The fraction of sp³-hybridized carbons (Fsp3) is 0.538. The van der Waals surface area contributed by atoms with Crippen LogP contribution in [0.25, 0.3) is 0 Å². The number of likely N-dealkylation sites (N-methyl/N-ethyl adjacent to an activating group) is 1. The summed E-state index contributed by atoms with van der Waals surface area (Å²) >= 11 is 0. The highest BCUT2D eigenvalue weighted by molar-refractivity contribution is 5.29. The average Bonchev–Trinajstić information content (AvgIpc) is 2.34. The van der Waals surface area contributed by atoms with Crippen molar-refractivity contribution in [1.29, 1.82) is 0 Å². The van der Waals surface area contributed by atoms with E-state index in [2.05, 4.69) is 31.3 Å². The number of hydrogen-bond donors (Lipinski definition) is 2. The maximum atomic E-state index is 5.72. The van der Waals surface area contributed by atoms with Crippen LogP contribution in [-0.4, -0.2) is 19.7 Å².